The molecule has 2 rings (SSSR count). The monoisotopic (exact) mass is 296 g/mol. The van der Waals surface area contributed by atoms with Crippen LogP contribution in [0, 0.1) is 11.8 Å². The van der Waals surface area contributed by atoms with Crippen molar-refractivity contribution < 1.29 is 8.42 Å². The van der Waals surface area contributed by atoms with Gasteiger partial charge in [-0.25, -0.2) is 13.1 Å². The molecule has 0 radical (unpaired) electrons. The molecule has 4 nitrogen and oxygen atoms in total. The van der Waals surface area contributed by atoms with Crippen LogP contribution < -0.4 is 10.5 Å². The molecule has 3 atom stereocenters. The van der Waals surface area contributed by atoms with Crippen LogP contribution in [0.5, 0.6) is 0 Å². The molecule has 1 aromatic rings. The van der Waals surface area contributed by atoms with E-state index in [9.17, 15) is 8.42 Å². The molecule has 0 aliphatic heterocycles. The summed E-state index contributed by atoms with van der Waals surface area (Å²) in [5.74, 6) is 0.937. The predicted octanol–water partition coefficient (Wildman–Crippen LogP) is 2.54. The molecule has 20 heavy (non-hydrogen) atoms. The van der Waals surface area contributed by atoms with Crippen molar-refractivity contribution in [2.24, 2.45) is 11.8 Å². The molecule has 0 heterocycles. The molecule has 0 saturated heterocycles. The van der Waals surface area contributed by atoms with Crippen LogP contribution in [0.25, 0.3) is 0 Å². The van der Waals surface area contributed by atoms with Gasteiger partial charge in [-0.3, -0.25) is 0 Å². The van der Waals surface area contributed by atoms with Gasteiger partial charge in [0.25, 0.3) is 0 Å². The minimum absolute atomic E-state index is 0.0297. The summed E-state index contributed by atoms with van der Waals surface area (Å²) in [6.45, 7) is 6.28. The van der Waals surface area contributed by atoms with Crippen molar-refractivity contribution >= 4 is 15.7 Å². The van der Waals surface area contributed by atoms with E-state index in [1.165, 1.54) is 0 Å². The van der Waals surface area contributed by atoms with E-state index in [0.717, 1.165) is 24.8 Å². The van der Waals surface area contributed by atoms with Crippen molar-refractivity contribution in [2.45, 2.75) is 51.0 Å². The molecule has 112 valence electrons. The molecular formula is C15H24N2O2S. The van der Waals surface area contributed by atoms with Gasteiger partial charge >= 0.3 is 0 Å². The average Bonchev–Trinajstić information content (AvgIpc) is 2.70. The van der Waals surface area contributed by atoms with Crippen molar-refractivity contribution in [1.82, 2.24) is 4.72 Å². The van der Waals surface area contributed by atoms with E-state index in [1.807, 2.05) is 6.92 Å². The van der Waals surface area contributed by atoms with Crippen LogP contribution in [0.1, 0.15) is 39.2 Å². The molecule has 1 aliphatic carbocycles. The Morgan fingerprint density at radius 1 is 1.30 bits per heavy atom. The Hall–Kier alpha value is -1.07. The van der Waals surface area contributed by atoms with E-state index in [4.69, 9.17) is 5.73 Å². The molecule has 3 unspecified atom stereocenters. The van der Waals surface area contributed by atoms with Crippen LogP contribution in [0.15, 0.2) is 23.1 Å². The molecule has 1 fully saturated rings. The molecule has 0 spiro atoms. The van der Waals surface area contributed by atoms with Gasteiger partial charge in [0.2, 0.25) is 10.0 Å². The largest absolute Gasteiger partial charge is 0.398 e. The summed E-state index contributed by atoms with van der Waals surface area (Å²) in [6, 6.07) is 5.03. The number of sulfonamides is 1. The van der Waals surface area contributed by atoms with Crippen LogP contribution >= 0.6 is 0 Å². The third-order valence-electron chi connectivity index (χ3n) is 4.58. The zero-order valence-electron chi connectivity index (χ0n) is 12.4. The molecule has 0 aromatic heterocycles. The first-order valence-electron chi connectivity index (χ1n) is 7.26. The average molecular weight is 296 g/mol. The molecular weight excluding hydrogens is 272 g/mol. The number of benzene rings is 1. The predicted molar refractivity (Wildman–Crippen MR) is 81.9 cm³/mol. The number of hydrogen-bond donors (Lipinski definition) is 2. The summed E-state index contributed by atoms with van der Waals surface area (Å²) in [5.41, 5.74) is 7.42. The molecule has 1 aliphatic rings. The summed E-state index contributed by atoms with van der Waals surface area (Å²) < 4.78 is 27.7. The second kappa shape index (κ2) is 5.74. The van der Waals surface area contributed by atoms with Crippen molar-refractivity contribution in [3.63, 3.8) is 0 Å². The molecule has 1 aromatic carbocycles. The Bertz CT molecular complexity index is 584. The number of nitrogen functional groups attached to an aromatic ring is 1. The van der Waals surface area contributed by atoms with Gasteiger partial charge in [0.15, 0.2) is 0 Å². The second-order valence-electron chi connectivity index (χ2n) is 5.86. The van der Waals surface area contributed by atoms with Crippen molar-refractivity contribution in [1.29, 1.82) is 0 Å². The molecule has 3 N–H and O–H groups in total. The summed E-state index contributed by atoms with van der Waals surface area (Å²) in [7, 11) is -3.48. The van der Waals surface area contributed by atoms with Crippen LogP contribution in [0.4, 0.5) is 5.69 Å². The lowest BCUT2D eigenvalue weighted by atomic mass is 9.98. The highest BCUT2D eigenvalue weighted by atomic mass is 32.2. The Balaban J connectivity index is 2.20. The summed E-state index contributed by atoms with van der Waals surface area (Å²) >= 11 is 0. The first kappa shape index (κ1) is 15.3. The van der Waals surface area contributed by atoms with Crippen LogP contribution in [-0.4, -0.2) is 14.5 Å². The van der Waals surface area contributed by atoms with E-state index in [1.54, 1.807) is 18.2 Å². The normalized spacial score (nSPS) is 26.9. The molecule has 0 bridgehead atoms. The van der Waals surface area contributed by atoms with Gasteiger partial charge in [0.1, 0.15) is 0 Å². The third-order valence-corrected chi connectivity index (χ3v) is 6.07. The maximum absolute atomic E-state index is 12.4. The fourth-order valence-corrected chi connectivity index (χ4v) is 4.26. The van der Waals surface area contributed by atoms with Crippen molar-refractivity contribution in [3.8, 4) is 0 Å². The number of nitrogens with one attached hydrogen (secondary N) is 1. The minimum Gasteiger partial charge on any atom is -0.398 e. The van der Waals surface area contributed by atoms with Gasteiger partial charge in [0.05, 0.1) is 4.90 Å². The SMILES string of the molecule is CCc1ccc(S(=O)(=O)NC2CCC(C)C2C)cc1N. The number of aryl methyl sites for hydroxylation is 1. The highest BCUT2D eigenvalue weighted by Crippen LogP contribution is 2.32. The van der Waals surface area contributed by atoms with E-state index in [-0.39, 0.29) is 10.9 Å². The number of hydrogen-bond acceptors (Lipinski definition) is 3. The quantitative estimate of drug-likeness (QED) is 0.839. The van der Waals surface area contributed by atoms with E-state index in [2.05, 4.69) is 18.6 Å². The molecule has 1 saturated carbocycles. The highest BCUT2D eigenvalue weighted by molar-refractivity contribution is 7.89. The minimum atomic E-state index is -3.48. The summed E-state index contributed by atoms with van der Waals surface area (Å²) in [5, 5.41) is 0. The summed E-state index contributed by atoms with van der Waals surface area (Å²) in [6.07, 6.45) is 2.78. The smallest absolute Gasteiger partial charge is 0.240 e. The lowest BCUT2D eigenvalue weighted by molar-refractivity contribution is 0.402. The van der Waals surface area contributed by atoms with Crippen LogP contribution in [0.3, 0.4) is 0 Å². The Kier molecular flexibility index (Phi) is 4.39. The first-order valence-corrected chi connectivity index (χ1v) is 8.74. The van der Waals surface area contributed by atoms with Gasteiger partial charge in [-0.1, -0.05) is 26.8 Å². The first-order chi connectivity index (χ1) is 9.35. The molecule has 5 heteroatoms. The molecule has 0 amide bonds. The second-order valence-corrected chi connectivity index (χ2v) is 7.57. The fourth-order valence-electron chi connectivity index (χ4n) is 2.86. The van der Waals surface area contributed by atoms with Gasteiger partial charge < -0.3 is 5.73 Å². The summed E-state index contributed by atoms with van der Waals surface area (Å²) in [4.78, 5) is 0.263. The van der Waals surface area contributed by atoms with Gasteiger partial charge in [-0.05, 0) is 48.8 Å². The zero-order valence-corrected chi connectivity index (χ0v) is 13.2. The fraction of sp³-hybridized carbons (Fsp3) is 0.600. The zero-order chi connectivity index (χ0) is 14.9. The maximum Gasteiger partial charge on any atom is 0.240 e. The van der Waals surface area contributed by atoms with Crippen molar-refractivity contribution in [2.75, 3.05) is 5.73 Å². The lowest BCUT2D eigenvalue weighted by Crippen LogP contribution is -2.37. The third kappa shape index (κ3) is 2.99. The van der Waals surface area contributed by atoms with E-state index in [0.29, 0.717) is 17.5 Å². The Labute approximate surface area is 121 Å². The van der Waals surface area contributed by atoms with Crippen molar-refractivity contribution in [3.05, 3.63) is 23.8 Å². The number of nitrogens with two attached hydrogens (primary N) is 1. The van der Waals surface area contributed by atoms with Gasteiger partial charge in [-0.15, -0.1) is 0 Å². The Morgan fingerprint density at radius 3 is 2.50 bits per heavy atom. The van der Waals surface area contributed by atoms with Crippen LogP contribution in [-0.2, 0) is 16.4 Å². The standard InChI is InChI=1S/C15H24N2O2S/c1-4-12-6-7-13(9-14(12)16)20(18,19)17-15-8-5-10(2)11(15)3/h6-7,9-11,15,17H,4-5,8,16H2,1-3H3. The number of anilines is 1. The van der Waals surface area contributed by atoms with E-state index < -0.39 is 10.0 Å². The number of rotatable bonds is 4. The Morgan fingerprint density at radius 2 is 2.00 bits per heavy atom. The van der Waals surface area contributed by atoms with Crippen LogP contribution in [0.2, 0.25) is 0 Å². The lowest BCUT2D eigenvalue weighted by Gasteiger charge is -2.20. The van der Waals surface area contributed by atoms with E-state index >= 15 is 0 Å². The van der Waals surface area contributed by atoms with Gasteiger partial charge in [-0.2, -0.15) is 0 Å². The maximum atomic E-state index is 12.4. The topological polar surface area (TPSA) is 72.2 Å². The van der Waals surface area contributed by atoms with Gasteiger partial charge in [0, 0.05) is 11.7 Å². The highest BCUT2D eigenvalue weighted by Gasteiger charge is 2.33.